The monoisotopic (exact) mass is 625 g/mol. The number of ether oxygens (including phenoxy) is 1. The van der Waals surface area contributed by atoms with Crippen molar-refractivity contribution >= 4 is 45.9 Å². The Bertz CT molecular complexity index is 1400. The Morgan fingerprint density at radius 2 is 1.64 bits per heavy atom. The van der Waals surface area contributed by atoms with E-state index in [0.717, 1.165) is 50.3 Å². The molecule has 0 radical (unpaired) electrons. The lowest BCUT2D eigenvalue weighted by Crippen LogP contribution is -2.37. The highest BCUT2D eigenvalue weighted by atomic mass is 35.5. The van der Waals surface area contributed by atoms with E-state index in [9.17, 15) is 18.0 Å². The number of amides is 1. The van der Waals surface area contributed by atoms with Crippen molar-refractivity contribution in [3.63, 3.8) is 0 Å². The van der Waals surface area contributed by atoms with Gasteiger partial charge in [0.1, 0.15) is 12.4 Å². The molecule has 3 aromatic rings. The summed E-state index contributed by atoms with van der Waals surface area (Å²) in [5.74, 6) is -1.92. The third-order valence-electron chi connectivity index (χ3n) is 7.26. The molecule has 226 valence electrons. The van der Waals surface area contributed by atoms with Crippen LogP contribution in [0.4, 0.5) is 13.2 Å². The minimum atomic E-state index is -5.08. The number of aliphatic carboxylic acids is 1. The van der Waals surface area contributed by atoms with E-state index in [1.807, 2.05) is 0 Å². The van der Waals surface area contributed by atoms with Crippen LogP contribution >= 0.6 is 23.2 Å². The van der Waals surface area contributed by atoms with Gasteiger partial charge in [0.15, 0.2) is 0 Å². The van der Waals surface area contributed by atoms with Crippen molar-refractivity contribution in [3.8, 4) is 5.75 Å². The first kappa shape index (κ1) is 31.9. The highest BCUT2D eigenvalue weighted by molar-refractivity contribution is 6.42. The van der Waals surface area contributed by atoms with E-state index in [0.29, 0.717) is 15.6 Å². The summed E-state index contributed by atoms with van der Waals surface area (Å²) in [5, 5.41) is 13.5. The molecule has 0 bridgehead atoms. The number of rotatable bonds is 8. The number of likely N-dealkylation sites (tertiary alicyclic amines) is 2. The molecule has 2 saturated heterocycles. The first-order chi connectivity index (χ1) is 20.0. The number of nitrogens with one attached hydrogen (secondary N) is 1. The number of nitrogens with zero attached hydrogens (tertiary/aromatic N) is 2. The Balaban J connectivity index is 0.000000517. The fourth-order valence-electron chi connectivity index (χ4n) is 5.13. The van der Waals surface area contributed by atoms with Crippen molar-refractivity contribution in [2.45, 2.75) is 38.0 Å². The molecular formula is C30H32Cl2F3N3O4. The van der Waals surface area contributed by atoms with Crippen LogP contribution in [0.3, 0.4) is 0 Å². The molecule has 0 unspecified atom stereocenters. The Hall–Kier alpha value is -3.05. The molecule has 42 heavy (non-hydrogen) atoms. The van der Waals surface area contributed by atoms with E-state index in [1.165, 1.54) is 36.9 Å². The summed E-state index contributed by atoms with van der Waals surface area (Å²) in [5.41, 5.74) is 1.81. The molecule has 1 atom stereocenters. The molecule has 5 rings (SSSR count). The molecular weight excluding hydrogens is 594 g/mol. The normalized spacial score (nSPS) is 17.6. The number of alkyl halides is 3. The van der Waals surface area contributed by atoms with Crippen molar-refractivity contribution in [1.29, 1.82) is 0 Å². The van der Waals surface area contributed by atoms with Gasteiger partial charge in [0.2, 0.25) is 0 Å². The molecule has 1 amide bonds. The second-order valence-corrected chi connectivity index (χ2v) is 11.1. The number of halogens is 5. The van der Waals surface area contributed by atoms with Gasteiger partial charge < -0.3 is 15.2 Å². The van der Waals surface area contributed by atoms with E-state index in [1.54, 1.807) is 18.2 Å². The molecule has 3 aromatic carbocycles. The minimum absolute atomic E-state index is 0.108. The minimum Gasteiger partial charge on any atom is -0.492 e. The van der Waals surface area contributed by atoms with Gasteiger partial charge in [0, 0.05) is 43.2 Å². The van der Waals surface area contributed by atoms with Crippen LogP contribution in [0.5, 0.6) is 5.75 Å². The van der Waals surface area contributed by atoms with Crippen LogP contribution in [0.2, 0.25) is 10.0 Å². The van der Waals surface area contributed by atoms with Crippen LogP contribution in [-0.2, 0) is 11.3 Å². The summed E-state index contributed by atoms with van der Waals surface area (Å²) in [7, 11) is 0. The second-order valence-electron chi connectivity index (χ2n) is 10.3. The van der Waals surface area contributed by atoms with Crippen LogP contribution in [0.15, 0.2) is 54.6 Å². The summed E-state index contributed by atoms with van der Waals surface area (Å²) in [6.45, 7) is 6.67. The van der Waals surface area contributed by atoms with Crippen LogP contribution < -0.4 is 10.1 Å². The van der Waals surface area contributed by atoms with Gasteiger partial charge in [-0.25, -0.2) is 4.79 Å². The number of fused-ring (bicyclic) bond motifs is 1. The maximum Gasteiger partial charge on any atom is 0.490 e. The predicted molar refractivity (Wildman–Crippen MR) is 156 cm³/mol. The van der Waals surface area contributed by atoms with Crippen molar-refractivity contribution in [2.75, 3.05) is 39.3 Å². The third kappa shape index (κ3) is 8.73. The highest BCUT2D eigenvalue weighted by Gasteiger charge is 2.38. The summed E-state index contributed by atoms with van der Waals surface area (Å²) >= 11 is 12.0. The summed E-state index contributed by atoms with van der Waals surface area (Å²) in [4.78, 5) is 26.4. The molecule has 7 nitrogen and oxygen atoms in total. The fraction of sp³-hybridized carbons (Fsp3) is 0.400. The topological polar surface area (TPSA) is 82.1 Å². The van der Waals surface area contributed by atoms with Gasteiger partial charge in [-0.3, -0.25) is 14.6 Å². The molecule has 2 aliphatic rings. The molecule has 2 heterocycles. The maximum atomic E-state index is 12.7. The predicted octanol–water partition coefficient (Wildman–Crippen LogP) is 6.26. The largest absolute Gasteiger partial charge is 0.492 e. The molecule has 0 saturated carbocycles. The van der Waals surface area contributed by atoms with Crippen molar-refractivity contribution in [3.05, 3.63) is 75.8 Å². The van der Waals surface area contributed by atoms with Crippen LogP contribution in [0.25, 0.3) is 10.8 Å². The fourth-order valence-corrected chi connectivity index (χ4v) is 5.43. The lowest BCUT2D eigenvalue weighted by atomic mass is 10.0. The van der Waals surface area contributed by atoms with Gasteiger partial charge in [-0.2, -0.15) is 13.2 Å². The second kappa shape index (κ2) is 14.4. The summed E-state index contributed by atoms with van der Waals surface area (Å²) in [6.07, 6.45) is -1.56. The first-order valence-corrected chi connectivity index (χ1v) is 14.4. The van der Waals surface area contributed by atoms with Crippen LogP contribution in [0.1, 0.15) is 35.2 Å². The number of carboxylic acid groups (broad SMARTS) is 1. The van der Waals surface area contributed by atoms with Crippen LogP contribution in [0, 0.1) is 0 Å². The van der Waals surface area contributed by atoms with Gasteiger partial charge in [-0.05, 0) is 67.6 Å². The molecule has 2 N–H and O–H groups in total. The Morgan fingerprint density at radius 1 is 0.952 bits per heavy atom. The summed E-state index contributed by atoms with van der Waals surface area (Å²) in [6, 6.07) is 17.9. The zero-order valence-corrected chi connectivity index (χ0v) is 24.3. The Morgan fingerprint density at radius 3 is 2.31 bits per heavy atom. The van der Waals surface area contributed by atoms with E-state index in [-0.39, 0.29) is 11.9 Å². The number of hydrogen-bond donors (Lipinski definition) is 2. The molecule has 0 spiro atoms. The zero-order chi connectivity index (χ0) is 30.3. The number of carbonyl (C=O) groups is 2. The van der Waals surface area contributed by atoms with E-state index < -0.39 is 12.1 Å². The number of carbonyl (C=O) groups excluding carboxylic acids is 1. The number of benzene rings is 3. The maximum absolute atomic E-state index is 12.7. The number of hydrogen-bond acceptors (Lipinski definition) is 5. The van der Waals surface area contributed by atoms with Crippen LogP contribution in [-0.4, -0.2) is 78.3 Å². The summed E-state index contributed by atoms with van der Waals surface area (Å²) < 4.78 is 37.9. The van der Waals surface area contributed by atoms with E-state index in [2.05, 4.69) is 51.5 Å². The third-order valence-corrected chi connectivity index (χ3v) is 8.00. The SMILES string of the molecule is O=C(N[C@H]1CCN(Cc2ccc(OCCN3CCCC3)c3ccccc23)C1)c1ccc(Cl)c(Cl)c1.O=C(O)C(F)(F)F. The highest BCUT2D eigenvalue weighted by Crippen LogP contribution is 2.30. The molecule has 0 aromatic heterocycles. The van der Waals surface area contributed by atoms with Gasteiger partial charge in [-0.15, -0.1) is 0 Å². The van der Waals surface area contributed by atoms with E-state index in [4.69, 9.17) is 37.8 Å². The number of carboxylic acids is 1. The quantitative estimate of drug-likeness (QED) is 0.308. The molecule has 2 fully saturated rings. The van der Waals surface area contributed by atoms with Gasteiger partial charge in [0.25, 0.3) is 5.91 Å². The standard InChI is InChI=1S/C28H31Cl2N3O2.C2HF3O2/c29-25-9-7-20(17-26(25)30)28(34)31-22-11-14-33(19-22)18-21-8-10-27(24-6-2-1-5-23(21)24)35-16-15-32-12-3-4-13-32;3-2(4,5)1(6)7/h1-2,5-10,17,22H,3-4,11-16,18-19H2,(H,31,34);(H,6,7)/t22-;/m0./s1. The van der Waals surface area contributed by atoms with Gasteiger partial charge in [0.05, 0.1) is 10.0 Å². The lowest BCUT2D eigenvalue weighted by molar-refractivity contribution is -0.192. The lowest BCUT2D eigenvalue weighted by Gasteiger charge is -2.20. The van der Waals surface area contributed by atoms with Crippen molar-refractivity contribution < 1.29 is 32.6 Å². The zero-order valence-electron chi connectivity index (χ0n) is 22.8. The molecule has 12 heteroatoms. The Labute approximate surface area is 252 Å². The average molecular weight is 627 g/mol. The van der Waals surface area contributed by atoms with Gasteiger partial charge in [-0.1, -0.05) is 53.5 Å². The van der Waals surface area contributed by atoms with Crippen molar-refractivity contribution in [2.24, 2.45) is 0 Å². The Kier molecular flexibility index (Phi) is 10.9. The van der Waals surface area contributed by atoms with Crippen molar-refractivity contribution in [1.82, 2.24) is 15.1 Å². The van der Waals surface area contributed by atoms with E-state index >= 15 is 0 Å². The first-order valence-electron chi connectivity index (χ1n) is 13.7. The smallest absolute Gasteiger partial charge is 0.490 e. The average Bonchev–Trinajstić information content (AvgIpc) is 3.63. The van der Waals surface area contributed by atoms with Gasteiger partial charge >= 0.3 is 12.1 Å². The molecule has 0 aliphatic carbocycles. The molecule has 2 aliphatic heterocycles.